The Morgan fingerprint density at radius 2 is 1.68 bits per heavy atom. The number of carbonyl (C=O) groups excluding carboxylic acids is 2. The molecule has 0 saturated heterocycles. The molecule has 3 aromatic carbocycles. The molecule has 0 bridgehead atoms. The largest absolute Gasteiger partial charge is 0.489 e. The lowest BCUT2D eigenvalue weighted by atomic mass is 10.1. The number of halogens is 1. The summed E-state index contributed by atoms with van der Waals surface area (Å²) in [6.07, 6.45) is 0. The highest BCUT2D eigenvalue weighted by molar-refractivity contribution is 6.31. The average Bonchev–Trinajstić information content (AvgIpc) is 2.73. The van der Waals surface area contributed by atoms with Gasteiger partial charge in [0, 0.05) is 21.8 Å². The first-order valence-electron chi connectivity index (χ1n) is 8.53. The highest BCUT2D eigenvalue weighted by atomic mass is 35.5. The number of hydrogen-bond acceptors (Lipinski definition) is 4. The quantitative estimate of drug-likeness (QED) is 0.599. The van der Waals surface area contributed by atoms with Gasteiger partial charge in [-0.15, -0.1) is 0 Å². The van der Waals surface area contributed by atoms with Crippen LogP contribution < -0.4 is 10.1 Å². The average molecular weight is 396 g/mol. The van der Waals surface area contributed by atoms with E-state index in [1.165, 1.54) is 7.11 Å². The molecule has 0 aliphatic rings. The highest BCUT2D eigenvalue weighted by Crippen LogP contribution is 2.20. The van der Waals surface area contributed by atoms with Crippen LogP contribution in [0.25, 0.3) is 0 Å². The molecule has 28 heavy (non-hydrogen) atoms. The molecule has 0 unspecified atom stereocenters. The lowest BCUT2D eigenvalue weighted by Crippen LogP contribution is -2.12. The first-order chi connectivity index (χ1) is 13.6. The fourth-order valence-corrected chi connectivity index (χ4v) is 2.71. The van der Waals surface area contributed by atoms with Crippen molar-refractivity contribution >= 4 is 29.2 Å². The Kier molecular flexibility index (Phi) is 6.29. The molecule has 1 N–H and O–H groups in total. The van der Waals surface area contributed by atoms with E-state index in [1.54, 1.807) is 48.5 Å². The van der Waals surface area contributed by atoms with Gasteiger partial charge < -0.3 is 14.8 Å². The van der Waals surface area contributed by atoms with Gasteiger partial charge in [0.25, 0.3) is 5.91 Å². The van der Waals surface area contributed by atoms with Crippen molar-refractivity contribution in [2.24, 2.45) is 0 Å². The van der Waals surface area contributed by atoms with Crippen LogP contribution in [0.5, 0.6) is 5.75 Å². The van der Waals surface area contributed by atoms with Gasteiger partial charge in [-0.2, -0.15) is 0 Å². The van der Waals surface area contributed by atoms with Crippen LogP contribution in [0.1, 0.15) is 26.3 Å². The van der Waals surface area contributed by atoms with E-state index >= 15 is 0 Å². The van der Waals surface area contributed by atoms with E-state index in [0.29, 0.717) is 34.2 Å². The molecule has 0 aliphatic carbocycles. The van der Waals surface area contributed by atoms with Crippen molar-refractivity contribution in [3.8, 4) is 5.75 Å². The zero-order chi connectivity index (χ0) is 19.9. The molecule has 0 aliphatic heterocycles. The Hall–Kier alpha value is -3.31. The summed E-state index contributed by atoms with van der Waals surface area (Å²) in [5.74, 6) is -0.125. The summed E-state index contributed by atoms with van der Waals surface area (Å²) >= 11 is 6.11. The van der Waals surface area contributed by atoms with Crippen LogP contribution in [0, 0.1) is 0 Å². The number of nitrogens with one attached hydrogen (secondary N) is 1. The van der Waals surface area contributed by atoms with Gasteiger partial charge in [-0.05, 0) is 48.5 Å². The van der Waals surface area contributed by atoms with E-state index in [4.69, 9.17) is 16.3 Å². The summed E-state index contributed by atoms with van der Waals surface area (Å²) in [5.41, 5.74) is 2.22. The summed E-state index contributed by atoms with van der Waals surface area (Å²) < 4.78 is 10.4. The Morgan fingerprint density at radius 1 is 0.929 bits per heavy atom. The first kappa shape index (κ1) is 19.5. The second-order valence-corrected chi connectivity index (χ2v) is 6.34. The number of anilines is 1. The van der Waals surface area contributed by atoms with Crippen LogP contribution in [0.15, 0.2) is 72.8 Å². The van der Waals surface area contributed by atoms with Crippen LogP contribution in [0.4, 0.5) is 5.69 Å². The topological polar surface area (TPSA) is 64.6 Å². The maximum absolute atomic E-state index is 12.4. The Bertz CT molecular complexity index is 986. The zero-order valence-electron chi connectivity index (χ0n) is 15.1. The van der Waals surface area contributed by atoms with Gasteiger partial charge in [0.15, 0.2) is 0 Å². The fourth-order valence-electron chi connectivity index (χ4n) is 2.52. The molecule has 3 aromatic rings. The molecule has 0 radical (unpaired) electrons. The van der Waals surface area contributed by atoms with E-state index in [-0.39, 0.29) is 5.91 Å². The molecule has 0 saturated carbocycles. The minimum atomic E-state index is -0.462. The minimum Gasteiger partial charge on any atom is -0.489 e. The minimum absolute atomic E-state index is 0.292. The zero-order valence-corrected chi connectivity index (χ0v) is 15.9. The number of esters is 1. The van der Waals surface area contributed by atoms with Crippen LogP contribution in [0.2, 0.25) is 5.02 Å². The van der Waals surface area contributed by atoms with Crippen LogP contribution >= 0.6 is 11.6 Å². The predicted molar refractivity (Wildman–Crippen MR) is 108 cm³/mol. The normalized spacial score (nSPS) is 10.2. The molecular weight excluding hydrogens is 378 g/mol. The van der Waals surface area contributed by atoms with E-state index in [2.05, 4.69) is 10.1 Å². The molecule has 3 rings (SSSR count). The number of rotatable bonds is 6. The number of benzene rings is 3. The van der Waals surface area contributed by atoms with Gasteiger partial charge in [0.05, 0.1) is 12.7 Å². The molecule has 0 atom stereocenters. The maximum atomic E-state index is 12.4. The van der Waals surface area contributed by atoms with Crippen LogP contribution in [0.3, 0.4) is 0 Å². The third-order valence-electron chi connectivity index (χ3n) is 4.01. The van der Waals surface area contributed by atoms with Crippen molar-refractivity contribution in [2.75, 3.05) is 12.4 Å². The Labute approximate surface area is 167 Å². The summed E-state index contributed by atoms with van der Waals surface area (Å²) in [4.78, 5) is 24.0. The van der Waals surface area contributed by atoms with Gasteiger partial charge in [-0.1, -0.05) is 35.9 Å². The van der Waals surface area contributed by atoms with Crippen molar-refractivity contribution in [1.29, 1.82) is 0 Å². The third kappa shape index (κ3) is 4.90. The van der Waals surface area contributed by atoms with Crippen molar-refractivity contribution in [2.45, 2.75) is 6.61 Å². The second kappa shape index (κ2) is 9.06. The fraction of sp³-hybridized carbons (Fsp3) is 0.0909. The number of hydrogen-bond donors (Lipinski definition) is 1. The third-order valence-corrected chi connectivity index (χ3v) is 4.38. The highest BCUT2D eigenvalue weighted by Gasteiger charge is 2.10. The molecule has 0 spiro atoms. The Morgan fingerprint density at radius 3 is 2.39 bits per heavy atom. The summed E-state index contributed by atoms with van der Waals surface area (Å²) in [6.45, 7) is 0.339. The maximum Gasteiger partial charge on any atom is 0.337 e. The van der Waals surface area contributed by atoms with Gasteiger partial charge >= 0.3 is 5.97 Å². The number of ether oxygens (including phenoxy) is 2. The first-order valence-corrected chi connectivity index (χ1v) is 8.90. The van der Waals surface area contributed by atoms with E-state index < -0.39 is 5.97 Å². The van der Waals surface area contributed by atoms with Crippen molar-refractivity contribution in [1.82, 2.24) is 0 Å². The van der Waals surface area contributed by atoms with Crippen molar-refractivity contribution < 1.29 is 19.1 Å². The number of methoxy groups -OCH3 is 1. The van der Waals surface area contributed by atoms with E-state index in [9.17, 15) is 9.59 Å². The summed E-state index contributed by atoms with van der Waals surface area (Å²) in [6, 6.07) is 20.8. The predicted octanol–water partition coefficient (Wildman–Crippen LogP) is 4.96. The molecule has 0 aromatic heterocycles. The number of carbonyl (C=O) groups is 2. The van der Waals surface area contributed by atoms with Gasteiger partial charge in [0.1, 0.15) is 12.4 Å². The van der Waals surface area contributed by atoms with E-state index in [0.717, 1.165) is 5.56 Å². The monoisotopic (exact) mass is 395 g/mol. The van der Waals surface area contributed by atoms with E-state index in [1.807, 2.05) is 24.3 Å². The van der Waals surface area contributed by atoms with Crippen LogP contribution in [-0.2, 0) is 11.3 Å². The van der Waals surface area contributed by atoms with Crippen LogP contribution in [-0.4, -0.2) is 19.0 Å². The molecular formula is C22H18ClNO4. The lowest BCUT2D eigenvalue weighted by Gasteiger charge is -2.09. The molecule has 0 fully saturated rings. The van der Waals surface area contributed by atoms with Gasteiger partial charge in [-0.3, -0.25) is 4.79 Å². The molecule has 5 nitrogen and oxygen atoms in total. The smallest absolute Gasteiger partial charge is 0.337 e. The number of amides is 1. The standard InChI is InChI=1S/C22H18ClNO4/c1-27-22(26)16-6-4-7-18(13-16)24-21(25)15-9-11-19(12-10-15)28-14-17-5-2-3-8-20(17)23/h2-13H,14H2,1H3,(H,24,25). The SMILES string of the molecule is COC(=O)c1cccc(NC(=O)c2ccc(OCc3ccccc3Cl)cc2)c1. The Balaban J connectivity index is 1.62. The molecule has 0 heterocycles. The van der Waals surface area contributed by atoms with Gasteiger partial charge in [-0.25, -0.2) is 4.79 Å². The lowest BCUT2D eigenvalue weighted by molar-refractivity contribution is 0.0600. The summed E-state index contributed by atoms with van der Waals surface area (Å²) in [5, 5.41) is 3.40. The summed E-state index contributed by atoms with van der Waals surface area (Å²) in [7, 11) is 1.31. The molecule has 142 valence electrons. The second-order valence-electron chi connectivity index (χ2n) is 5.93. The molecule has 6 heteroatoms. The van der Waals surface area contributed by atoms with Gasteiger partial charge in [0.2, 0.25) is 0 Å². The molecule has 1 amide bonds. The van der Waals surface area contributed by atoms with Crippen molar-refractivity contribution in [3.63, 3.8) is 0 Å². The van der Waals surface area contributed by atoms with Crippen molar-refractivity contribution in [3.05, 3.63) is 94.5 Å².